The fraction of sp³-hybridized carbons (Fsp3) is 0.708. The largest absolute Gasteiger partial charge is 0.504 e. The minimum Gasteiger partial charge on any atom is -0.504 e. The molecule has 0 bridgehead atoms. The van der Waals surface area contributed by atoms with E-state index in [1.54, 1.807) is 47.8 Å². The summed E-state index contributed by atoms with van der Waals surface area (Å²) in [4.78, 5) is 60.7. The molecular weight excluding hydrogens is 476 g/mol. The fourth-order valence-electron chi connectivity index (χ4n) is 3.41. The van der Waals surface area contributed by atoms with Gasteiger partial charge in [-0.05, 0) is 47.1 Å². The van der Waals surface area contributed by atoms with Crippen LogP contribution in [0, 0.1) is 0 Å². The third-order valence-electron chi connectivity index (χ3n) is 4.84. The van der Waals surface area contributed by atoms with E-state index in [2.05, 4.69) is 4.74 Å². The molecule has 2 fully saturated rings. The van der Waals surface area contributed by atoms with Crippen molar-refractivity contribution in [2.45, 2.75) is 77.7 Å². The Morgan fingerprint density at radius 2 is 1.17 bits per heavy atom. The summed E-state index contributed by atoms with van der Waals surface area (Å²) in [6.07, 6.45) is 0.743. The second-order valence-electron chi connectivity index (χ2n) is 10.3. The number of hydrogen-bond donors (Lipinski definition) is 0. The molecule has 2 amide bonds. The molecule has 204 valence electrons. The van der Waals surface area contributed by atoms with E-state index in [0.29, 0.717) is 13.0 Å². The van der Waals surface area contributed by atoms with Gasteiger partial charge in [-0.2, -0.15) is 0 Å². The first-order chi connectivity index (χ1) is 16.5. The molecule has 0 aromatic carbocycles. The van der Waals surface area contributed by atoms with Gasteiger partial charge >= 0.3 is 24.1 Å². The summed E-state index contributed by atoms with van der Waals surface area (Å²) in [7, 11) is 4.04. The van der Waals surface area contributed by atoms with Crippen molar-refractivity contribution in [1.82, 2.24) is 9.80 Å². The van der Waals surface area contributed by atoms with Crippen LogP contribution in [-0.4, -0.2) is 97.4 Å². The van der Waals surface area contributed by atoms with E-state index in [4.69, 9.17) is 18.9 Å². The molecule has 2 heterocycles. The van der Waals surface area contributed by atoms with E-state index in [-0.39, 0.29) is 18.7 Å². The number of amides is 2. The van der Waals surface area contributed by atoms with Crippen molar-refractivity contribution < 1.29 is 47.7 Å². The van der Waals surface area contributed by atoms with E-state index >= 15 is 0 Å². The molecule has 0 aromatic rings. The van der Waals surface area contributed by atoms with Crippen LogP contribution in [0.25, 0.3) is 0 Å². The first kappa shape index (κ1) is 30.7. The van der Waals surface area contributed by atoms with Crippen LogP contribution in [0.15, 0.2) is 11.8 Å². The van der Waals surface area contributed by atoms with Gasteiger partial charge in [-0.1, -0.05) is 0 Å². The fourth-order valence-corrected chi connectivity index (χ4v) is 3.41. The Kier molecular flexibility index (Phi) is 10.7. The van der Waals surface area contributed by atoms with Crippen molar-refractivity contribution >= 4 is 29.9 Å². The zero-order valence-corrected chi connectivity index (χ0v) is 22.5. The lowest BCUT2D eigenvalue weighted by Gasteiger charge is -2.27. The number of esters is 2. The number of methoxy groups -OCH3 is 3. The Morgan fingerprint density at radius 1 is 0.750 bits per heavy atom. The summed E-state index contributed by atoms with van der Waals surface area (Å²) < 4.78 is 24.6. The average molecular weight is 515 g/mol. The van der Waals surface area contributed by atoms with Crippen LogP contribution in [-0.2, 0) is 38.1 Å². The molecule has 2 atom stereocenters. The van der Waals surface area contributed by atoms with Gasteiger partial charge in [0.05, 0.1) is 34.1 Å². The summed E-state index contributed by atoms with van der Waals surface area (Å²) in [5, 5.41) is 0. The highest BCUT2D eigenvalue weighted by Gasteiger charge is 2.42. The topological polar surface area (TPSA) is 138 Å². The number of nitrogens with zero attached hydrogens (tertiary/aromatic N) is 2. The second kappa shape index (κ2) is 12.6. The van der Waals surface area contributed by atoms with Gasteiger partial charge in [-0.3, -0.25) is 14.6 Å². The molecule has 12 nitrogen and oxygen atoms in total. The summed E-state index contributed by atoms with van der Waals surface area (Å²) in [6, 6.07) is -1.51. The van der Waals surface area contributed by atoms with Crippen LogP contribution in [0.2, 0.25) is 0 Å². The van der Waals surface area contributed by atoms with Crippen molar-refractivity contribution in [3.63, 3.8) is 0 Å². The number of likely N-dealkylation sites (tertiary alicyclic amines) is 2. The number of carbonyl (C=O) groups excluding carboxylic acids is 5. The van der Waals surface area contributed by atoms with Crippen molar-refractivity contribution in [3.05, 3.63) is 11.8 Å². The SMILES string of the molecule is COC(=O)[C@@H]1CC(=O)CN1C(=O)OC(C)(C)C.COC=C1C[C@@H](C(=O)OC)N(C(=O)OC(C)(C)C)C1. The van der Waals surface area contributed by atoms with Crippen molar-refractivity contribution in [3.8, 4) is 0 Å². The molecular formula is C24H38N2O10. The normalized spacial score (nSPS) is 20.9. The molecule has 2 aliphatic heterocycles. The predicted molar refractivity (Wildman–Crippen MR) is 127 cm³/mol. The highest BCUT2D eigenvalue weighted by Crippen LogP contribution is 2.26. The van der Waals surface area contributed by atoms with Gasteiger partial charge in [0.1, 0.15) is 23.3 Å². The monoisotopic (exact) mass is 514 g/mol. The van der Waals surface area contributed by atoms with Crippen molar-refractivity contribution in [2.75, 3.05) is 34.4 Å². The Hall–Kier alpha value is -3.31. The Morgan fingerprint density at radius 3 is 1.56 bits per heavy atom. The standard InChI is InChI=1S/C13H21NO5.C11H17NO5/c1-13(2,3)19-12(16)14-7-9(8-17-4)6-10(14)11(15)18-5;1-11(2,3)17-10(15)12-6-7(13)5-8(12)9(14)16-4/h8,10H,6-7H2,1-5H3;8H,5-6H2,1-4H3/t10-;8-/m00/s1. The molecule has 0 saturated carbocycles. The lowest BCUT2D eigenvalue weighted by Crippen LogP contribution is -2.43. The molecule has 0 aliphatic carbocycles. The maximum Gasteiger partial charge on any atom is 0.411 e. The third-order valence-corrected chi connectivity index (χ3v) is 4.84. The number of hydrogen-bond acceptors (Lipinski definition) is 10. The zero-order valence-electron chi connectivity index (χ0n) is 22.5. The third kappa shape index (κ3) is 9.38. The number of carbonyl (C=O) groups is 5. The molecule has 0 N–H and O–H groups in total. The Balaban J connectivity index is 0.000000362. The molecule has 0 aromatic heterocycles. The summed E-state index contributed by atoms with van der Waals surface area (Å²) in [6.45, 7) is 10.7. The summed E-state index contributed by atoms with van der Waals surface area (Å²) in [5.41, 5.74) is -0.418. The van der Waals surface area contributed by atoms with Crippen molar-refractivity contribution in [2.24, 2.45) is 0 Å². The van der Waals surface area contributed by atoms with Crippen molar-refractivity contribution in [1.29, 1.82) is 0 Å². The van der Waals surface area contributed by atoms with Crippen LogP contribution in [0.3, 0.4) is 0 Å². The second-order valence-corrected chi connectivity index (χ2v) is 10.3. The number of Topliss-reactive ketones (excluding diaryl/α,β-unsaturated/α-hetero) is 1. The summed E-state index contributed by atoms with van der Waals surface area (Å²) >= 11 is 0. The van der Waals surface area contributed by atoms with Crippen LogP contribution < -0.4 is 0 Å². The van der Waals surface area contributed by atoms with E-state index in [9.17, 15) is 24.0 Å². The van der Waals surface area contributed by atoms with Gasteiger partial charge in [0.15, 0.2) is 5.78 Å². The molecule has 0 spiro atoms. The molecule has 0 radical (unpaired) electrons. The van der Waals surface area contributed by atoms with Gasteiger partial charge in [-0.15, -0.1) is 0 Å². The molecule has 36 heavy (non-hydrogen) atoms. The van der Waals surface area contributed by atoms with Crippen LogP contribution in [0.4, 0.5) is 9.59 Å². The first-order valence-corrected chi connectivity index (χ1v) is 11.4. The lowest BCUT2D eigenvalue weighted by atomic mass is 10.2. The average Bonchev–Trinajstić information content (AvgIpc) is 3.35. The van der Waals surface area contributed by atoms with E-state index in [1.165, 1.54) is 26.2 Å². The molecule has 2 rings (SSSR count). The first-order valence-electron chi connectivity index (χ1n) is 11.4. The molecule has 2 aliphatic rings. The van der Waals surface area contributed by atoms with Crippen LogP contribution in [0.1, 0.15) is 54.4 Å². The number of ketones is 1. The quantitative estimate of drug-likeness (QED) is 0.313. The maximum atomic E-state index is 12.1. The smallest absolute Gasteiger partial charge is 0.411 e. The van der Waals surface area contributed by atoms with Gasteiger partial charge in [0.2, 0.25) is 0 Å². The number of rotatable bonds is 3. The lowest BCUT2D eigenvalue weighted by molar-refractivity contribution is -0.146. The van der Waals surface area contributed by atoms with Gasteiger partial charge in [-0.25, -0.2) is 19.2 Å². The van der Waals surface area contributed by atoms with Crippen LogP contribution >= 0.6 is 0 Å². The van der Waals surface area contributed by atoms with Crippen LogP contribution in [0.5, 0.6) is 0 Å². The molecule has 12 heteroatoms. The molecule has 0 unspecified atom stereocenters. The minimum atomic E-state index is -0.859. The minimum absolute atomic E-state index is 0.00802. The maximum absolute atomic E-state index is 12.1. The van der Waals surface area contributed by atoms with Gasteiger partial charge in [0.25, 0.3) is 0 Å². The Bertz CT molecular complexity index is 869. The highest BCUT2D eigenvalue weighted by atomic mass is 16.6. The highest BCUT2D eigenvalue weighted by molar-refractivity contribution is 5.95. The molecule has 2 saturated heterocycles. The Labute approximate surface area is 211 Å². The summed E-state index contributed by atoms with van der Waals surface area (Å²) in [5.74, 6) is -1.22. The van der Waals surface area contributed by atoms with E-state index < -0.39 is 47.4 Å². The van der Waals surface area contributed by atoms with E-state index in [0.717, 1.165) is 10.5 Å². The zero-order chi connectivity index (χ0) is 27.8. The van der Waals surface area contributed by atoms with Gasteiger partial charge in [0, 0.05) is 19.4 Å². The predicted octanol–water partition coefficient (Wildman–Crippen LogP) is 2.44. The van der Waals surface area contributed by atoms with Gasteiger partial charge < -0.3 is 23.7 Å². The number of ether oxygens (including phenoxy) is 5. The van der Waals surface area contributed by atoms with E-state index in [1.807, 2.05) is 0 Å².